The van der Waals surface area contributed by atoms with Gasteiger partial charge in [0.15, 0.2) is 9.84 Å². The second-order valence-electron chi connectivity index (χ2n) is 6.55. The van der Waals surface area contributed by atoms with Crippen molar-refractivity contribution in [2.45, 2.75) is 32.2 Å². The van der Waals surface area contributed by atoms with E-state index in [0.29, 0.717) is 18.7 Å². The highest BCUT2D eigenvalue weighted by Crippen LogP contribution is 2.24. The molecule has 136 valence electrons. The summed E-state index contributed by atoms with van der Waals surface area (Å²) in [6, 6.07) is 7.19. The molecule has 1 fully saturated rings. The van der Waals surface area contributed by atoms with Crippen LogP contribution in [-0.4, -0.2) is 55.4 Å². The molecule has 1 aromatic heterocycles. The molecule has 6 nitrogen and oxygen atoms in total. The molecule has 1 aliphatic rings. The highest BCUT2D eigenvalue weighted by Gasteiger charge is 2.35. The van der Waals surface area contributed by atoms with Crippen LogP contribution < -0.4 is 4.74 Å². The van der Waals surface area contributed by atoms with Crippen LogP contribution in [0.25, 0.3) is 10.9 Å². The van der Waals surface area contributed by atoms with Gasteiger partial charge < -0.3 is 14.6 Å². The standard InChI is InChI=1S/C18H24N2O4S/c1-3-4-8-20(14-7-9-25(22,23)12-14)18(21)17-10-13-5-6-15(24-2)11-16(13)19-17/h5-6,10-11,14,19H,3-4,7-9,12H2,1-2H3. The quantitative estimate of drug-likeness (QED) is 0.854. The van der Waals surface area contributed by atoms with Crippen LogP contribution in [0, 0.1) is 0 Å². The van der Waals surface area contributed by atoms with E-state index < -0.39 is 9.84 Å². The Hall–Kier alpha value is -2.02. The highest BCUT2D eigenvalue weighted by molar-refractivity contribution is 7.91. The number of sulfone groups is 1. The average Bonchev–Trinajstić information content (AvgIpc) is 3.17. The summed E-state index contributed by atoms with van der Waals surface area (Å²) in [5, 5.41) is 0.929. The van der Waals surface area contributed by atoms with Gasteiger partial charge in [0.2, 0.25) is 0 Å². The molecule has 7 heteroatoms. The Balaban J connectivity index is 1.88. The Morgan fingerprint density at radius 2 is 2.16 bits per heavy atom. The monoisotopic (exact) mass is 364 g/mol. The number of methoxy groups -OCH3 is 1. The van der Waals surface area contributed by atoms with E-state index in [1.54, 1.807) is 12.0 Å². The van der Waals surface area contributed by atoms with Crippen LogP contribution in [0.1, 0.15) is 36.7 Å². The second-order valence-corrected chi connectivity index (χ2v) is 8.77. The fourth-order valence-electron chi connectivity index (χ4n) is 3.30. The van der Waals surface area contributed by atoms with E-state index in [0.717, 1.165) is 29.5 Å². The molecule has 0 saturated carbocycles. The Morgan fingerprint density at radius 1 is 1.36 bits per heavy atom. The maximum Gasteiger partial charge on any atom is 0.270 e. The van der Waals surface area contributed by atoms with E-state index in [-0.39, 0.29) is 23.5 Å². The van der Waals surface area contributed by atoms with Gasteiger partial charge in [0.1, 0.15) is 11.4 Å². The first-order valence-electron chi connectivity index (χ1n) is 8.61. The molecule has 1 amide bonds. The van der Waals surface area contributed by atoms with Crippen molar-refractivity contribution in [3.63, 3.8) is 0 Å². The molecule has 3 rings (SSSR count). The van der Waals surface area contributed by atoms with Crippen LogP contribution in [-0.2, 0) is 9.84 Å². The molecule has 25 heavy (non-hydrogen) atoms. The summed E-state index contributed by atoms with van der Waals surface area (Å²) in [6.07, 6.45) is 2.33. The molecule has 0 aliphatic carbocycles. The van der Waals surface area contributed by atoms with Gasteiger partial charge in [-0.25, -0.2) is 8.42 Å². The fraction of sp³-hybridized carbons (Fsp3) is 0.500. The van der Waals surface area contributed by atoms with Crippen LogP contribution in [0.15, 0.2) is 24.3 Å². The lowest BCUT2D eigenvalue weighted by atomic mass is 10.1. The number of rotatable bonds is 6. The average molecular weight is 364 g/mol. The molecule has 1 atom stereocenters. The van der Waals surface area contributed by atoms with Crippen molar-refractivity contribution in [1.29, 1.82) is 0 Å². The van der Waals surface area contributed by atoms with Crippen molar-refractivity contribution in [3.8, 4) is 5.75 Å². The van der Waals surface area contributed by atoms with Crippen LogP contribution >= 0.6 is 0 Å². The molecular weight excluding hydrogens is 340 g/mol. The summed E-state index contributed by atoms with van der Waals surface area (Å²) in [5.74, 6) is 0.817. The number of benzene rings is 1. The number of nitrogens with zero attached hydrogens (tertiary/aromatic N) is 1. The number of amides is 1. The Kier molecular flexibility index (Phi) is 5.03. The molecule has 0 radical (unpaired) electrons. The molecule has 0 bridgehead atoms. The summed E-state index contributed by atoms with van der Waals surface area (Å²) in [7, 11) is -1.44. The van der Waals surface area contributed by atoms with Crippen molar-refractivity contribution in [3.05, 3.63) is 30.0 Å². The summed E-state index contributed by atoms with van der Waals surface area (Å²) < 4.78 is 28.9. The maximum atomic E-state index is 13.0. The number of nitrogens with one attached hydrogen (secondary N) is 1. The van der Waals surface area contributed by atoms with Crippen molar-refractivity contribution >= 4 is 26.6 Å². The predicted octanol–water partition coefficient (Wildman–Crippen LogP) is 2.61. The maximum absolute atomic E-state index is 13.0. The minimum Gasteiger partial charge on any atom is -0.497 e. The smallest absolute Gasteiger partial charge is 0.270 e. The third-order valence-electron chi connectivity index (χ3n) is 4.72. The van der Waals surface area contributed by atoms with Gasteiger partial charge in [0.05, 0.1) is 18.6 Å². The largest absolute Gasteiger partial charge is 0.497 e. The van der Waals surface area contributed by atoms with E-state index in [1.807, 2.05) is 24.3 Å². The fourth-order valence-corrected chi connectivity index (χ4v) is 5.03. The van der Waals surface area contributed by atoms with Gasteiger partial charge in [-0.2, -0.15) is 0 Å². The topological polar surface area (TPSA) is 79.5 Å². The molecule has 1 N–H and O–H groups in total. The van der Waals surface area contributed by atoms with Crippen LogP contribution in [0.5, 0.6) is 5.75 Å². The van der Waals surface area contributed by atoms with Gasteiger partial charge in [-0.1, -0.05) is 13.3 Å². The number of H-pyrrole nitrogens is 1. The molecular formula is C18H24N2O4S. The number of carbonyl (C=O) groups is 1. The Morgan fingerprint density at radius 3 is 2.80 bits per heavy atom. The van der Waals surface area contributed by atoms with Crippen LogP contribution in [0.2, 0.25) is 0 Å². The SMILES string of the molecule is CCCCN(C(=O)c1cc2ccc(OC)cc2[nH]1)C1CCS(=O)(=O)C1. The number of aromatic nitrogens is 1. The van der Waals surface area contributed by atoms with E-state index in [9.17, 15) is 13.2 Å². The summed E-state index contributed by atoms with van der Waals surface area (Å²) in [5.41, 5.74) is 1.32. The molecule has 2 aromatic rings. The number of hydrogen-bond donors (Lipinski definition) is 1. The minimum atomic E-state index is -3.04. The van der Waals surface area contributed by atoms with Gasteiger partial charge in [-0.15, -0.1) is 0 Å². The van der Waals surface area contributed by atoms with Gasteiger partial charge in [-0.05, 0) is 31.0 Å². The lowest BCUT2D eigenvalue weighted by Crippen LogP contribution is -2.41. The third-order valence-corrected chi connectivity index (χ3v) is 6.47. The van der Waals surface area contributed by atoms with Gasteiger partial charge in [-0.3, -0.25) is 4.79 Å². The number of hydrogen-bond acceptors (Lipinski definition) is 4. The predicted molar refractivity (Wildman–Crippen MR) is 97.9 cm³/mol. The van der Waals surface area contributed by atoms with Crippen molar-refractivity contribution in [1.82, 2.24) is 9.88 Å². The highest BCUT2D eigenvalue weighted by atomic mass is 32.2. The number of unbranched alkanes of at least 4 members (excludes halogenated alkanes) is 1. The lowest BCUT2D eigenvalue weighted by molar-refractivity contribution is 0.0689. The second kappa shape index (κ2) is 7.07. The van der Waals surface area contributed by atoms with Crippen molar-refractivity contribution in [2.24, 2.45) is 0 Å². The molecule has 1 saturated heterocycles. The van der Waals surface area contributed by atoms with Gasteiger partial charge >= 0.3 is 0 Å². The summed E-state index contributed by atoms with van der Waals surface area (Å²) in [4.78, 5) is 17.9. The number of fused-ring (bicyclic) bond motifs is 1. The van der Waals surface area contributed by atoms with E-state index in [2.05, 4.69) is 11.9 Å². The number of ether oxygens (including phenoxy) is 1. The van der Waals surface area contributed by atoms with Crippen LogP contribution in [0.3, 0.4) is 0 Å². The van der Waals surface area contributed by atoms with E-state index in [4.69, 9.17) is 4.74 Å². The summed E-state index contributed by atoms with van der Waals surface area (Å²) in [6.45, 7) is 2.64. The van der Waals surface area contributed by atoms with Gasteiger partial charge in [0.25, 0.3) is 5.91 Å². The first-order chi connectivity index (χ1) is 11.9. The zero-order valence-corrected chi connectivity index (χ0v) is 15.4. The van der Waals surface area contributed by atoms with Crippen LogP contribution in [0.4, 0.5) is 0 Å². The first-order valence-corrected chi connectivity index (χ1v) is 10.4. The van der Waals surface area contributed by atoms with Gasteiger partial charge in [0, 0.05) is 29.6 Å². The molecule has 2 heterocycles. The zero-order chi connectivity index (χ0) is 18.0. The first kappa shape index (κ1) is 17.8. The third kappa shape index (κ3) is 3.81. The van der Waals surface area contributed by atoms with E-state index >= 15 is 0 Å². The lowest BCUT2D eigenvalue weighted by Gasteiger charge is -2.27. The molecule has 0 spiro atoms. The number of carbonyl (C=O) groups excluding carboxylic acids is 1. The zero-order valence-electron chi connectivity index (χ0n) is 14.6. The normalized spacial score (nSPS) is 19.2. The Bertz CT molecular complexity index is 872. The minimum absolute atomic E-state index is 0.0660. The van der Waals surface area contributed by atoms with Crippen molar-refractivity contribution in [2.75, 3.05) is 25.2 Å². The molecule has 1 aromatic carbocycles. The Labute approximate surface area is 148 Å². The molecule has 1 aliphatic heterocycles. The van der Waals surface area contributed by atoms with E-state index in [1.165, 1.54) is 0 Å². The molecule has 1 unspecified atom stereocenters. The summed E-state index contributed by atoms with van der Waals surface area (Å²) >= 11 is 0. The van der Waals surface area contributed by atoms with Crippen molar-refractivity contribution < 1.29 is 17.9 Å². The number of aromatic amines is 1.